The van der Waals surface area contributed by atoms with E-state index in [1.807, 2.05) is 6.08 Å². The highest BCUT2D eigenvalue weighted by molar-refractivity contribution is 4.90. The summed E-state index contributed by atoms with van der Waals surface area (Å²) in [7, 11) is 0. The smallest absolute Gasteiger partial charge is 0.259 e. The first-order chi connectivity index (χ1) is 13.0. The van der Waals surface area contributed by atoms with Crippen molar-refractivity contribution in [3.63, 3.8) is 0 Å². The van der Waals surface area contributed by atoms with Gasteiger partial charge in [0.05, 0.1) is 0 Å². The van der Waals surface area contributed by atoms with E-state index in [2.05, 4.69) is 42.2 Å². The molecule has 0 aliphatic carbocycles. The Morgan fingerprint density at radius 3 is 2.19 bits per heavy atom. The lowest BCUT2D eigenvalue weighted by Crippen LogP contribution is -2.45. The maximum atomic E-state index is 12.1. The minimum absolute atomic E-state index is 0.262. The van der Waals surface area contributed by atoms with Crippen LogP contribution in [0.2, 0.25) is 0 Å². The summed E-state index contributed by atoms with van der Waals surface area (Å²) >= 11 is 0. The van der Waals surface area contributed by atoms with Gasteiger partial charge in [0.2, 0.25) is 0 Å². The van der Waals surface area contributed by atoms with Gasteiger partial charge in [-0.25, -0.2) is 19.0 Å². The molecule has 6 heteroatoms. The number of rotatable bonds is 14. The van der Waals surface area contributed by atoms with Crippen LogP contribution in [0.15, 0.2) is 51.8 Å². The van der Waals surface area contributed by atoms with Gasteiger partial charge in [-0.15, -0.1) is 13.2 Å². The van der Waals surface area contributed by atoms with Crippen LogP contribution in [0.3, 0.4) is 0 Å². The van der Waals surface area contributed by atoms with Gasteiger partial charge in [-0.2, -0.15) is 0 Å². The van der Waals surface area contributed by atoms with Crippen molar-refractivity contribution in [2.45, 2.75) is 70.8 Å². The van der Waals surface area contributed by atoms with E-state index in [-0.39, 0.29) is 12.0 Å². The second-order valence-corrected chi connectivity index (χ2v) is 6.92. The van der Waals surface area contributed by atoms with Crippen LogP contribution in [0.25, 0.3) is 0 Å². The Labute approximate surface area is 160 Å². The van der Waals surface area contributed by atoms with Crippen molar-refractivity contribution >= 4 is 0 Å². The van der Waals surface area contributed by atoms with Crippen LogP contribution < -0.4 is 17.1 Å². The zero-order chi connectivity index (χ0) is 20.1. The molecule has 1 aromatic heterocycles. The highest BCUT2D eigenvalue weighted by Gasteiger charge is 2.19. The topological polar surface area (TPSA) is 87.7 Å². The average molecular weight is 376 g/mol. The fourth-order valence-electron chi connectivity index (χ4n) is 3.27. The fourth-order valence-corrected chi connectivity index (χ4v) is 3.27. The molecule has 0 fully saturated rings. The Balaban J connectivity index is 2.82. The van der Waals surface area contributed by atoms with Crippen LogP contribution in [0.4, 0.5) is 0 Å². The Bertz CT molecular complexity index is 736. The third-order valence-electron chi connectivity index (χ3n) is 4.65. The summed E-state index contributed by atoms with van der Waals surface area (Å²) in [6, 6.07) is -0.349. The first-order valence-electron chi connectivity index (χ1n) is 9.85. The minimum Gasteiger partial charge on any atom is -0.259 e. The highest BCUT2D eigenvalue weighted by atomic mass is 16.2. The monoisotopic (exact) mass is 375 g/mol. The number of hydrogen-bond acceptors (Lipinski definition) is 3. The van der Waals surface area contributed by atoms with E-state index >= 15 is 0 Å². The van der Waals surface area contributed by atoms with E-state index in [1.54, 1.807) is 6.08 Å². The van der Waals surface area contributed by atoms with Crippen LogP contribution in [0.1, 0.15) is 70.8 Å². The molecule has 0 saturated heterocycles. The van der Waals surface area contributed by atoms with Crippen molar-refractivity contribution in [3.05, 3.63) is 68.9 Å². The summed E-state index contributed by atoms with van der Waals surface area (Å²) in [6.45, 7) is 9.76. The predicted octanol–water partition coefficient (Wildman–Crippen LogP) is 3.84. The zero-order valence-corrected chi connectivity index (χ0v) is 16.4. The van der Waals surface area contributed by atoms with Crippen molar-refractivity contribution < 1.29 is 0 Å². The highest BCUT2D eigenvalue weighted by Crippen LogP contribution is 2.25. The maximum absolute atomic E-state index is 12.1. The lowest BCUT2D eigenvalue weighted by atomic mass is 9.91. The van der Waals surface area contributed by atoms with E-state index in [0.717, 1.165) is 23.8 Å². The molecular formula is C21H33N3O3. The molecule has 1 aromatic rings. The van der Waals surface area contributed by atoms with Gasteiger partial charge in [0, 0.05) is 6.04 Å². The van der Waals surface area contributed by atoms with Crippen LogP contribution in [-0.2, 0) is 0 Å². The molecule has 0 aliphatic rings. The Hall–Kier alpha value is -2.37. The molecule has 0 amide bonds. The molecule has 0 aliphatic heterocycles. The van der Waals surface area contributed by atoms with E-state index in [0.29, 0.717) is 12.8 Å². The van der Waals surface area contributed by atoms with E-state index in [4.69, 9.17) is 0 Å². The van der Waals surface area contributed by atoms with Gasteiger partial charge >= 0.3 is 17.1 Å². The molecule has 27 heavy (non-hydrogen) atoms. The van der Waals surface area contributed by atoms with Crippen LogP contribution in [0.5, 0.6) is 0 Å². The number of unbranched alkanes of at least 4 members (excludes halogenated alkanes) is 4. The molecule has 2 atom stereocenters. The molecular weight excluding hydrogens is 342 g/mol. The number of allylic oxidation sites excluding steroid dienone is 4. The van der Waals surface area contributed by atoms with Crippen molar-refractivity contribution in [1.82, 2.24) is 14.5 Å². The molecule has 0 radical (unpaired) electrons. The lowest BCUT2D eigenvalue weighted by molar-refractivity contribution is 0.347. The average Bonchev–Trinajstić information content (AvgIpc) is 2.60. The summed E-state index contributed by atoms with van der Waals surface area (Å²) in [5.74, 6) is 0.262. The molecule has 1 rings (SSSR count). The third-order valence-corrected chi connectivity index (χ3v) is 4.65. The van der Waals surface area contributed by atoms with E-state index in [1.165, 1.54) is 25.7 Å². The molecule has 150 valence electrons. The second-order valence-electron chi connectivity index (χ2n) is 6.92. The van der Waals surface area contributed by atoms with Gasteiger partial charge < -0.3 is 0 Å². The molecule has 0 saturated carbocycles. The van der Waals surface area contributed by atoms with Gasteiger partial charge in [0.15, 0.2) is 0 Å². The van der Waals surface area contributed by atoms with E-state index in [9.17, 15) is 14.4 Å². The molecule has 0 aromatic carbocycles. The summed E-state index contributed by atoms with van der Waals surface area (Å²) in [5.41, 5.74) is -2.15. The van der Waals surface area contributed by atoms with Gasteiger partial charge in [-0.05, 0) is 44.4 Å². The number of nitrogens with one attached hydrogen (secondary N) is 2. The summed E-state index contributed by atoms with van der Waals surface area (Å²) in [6.07, 6.45) is 16.8. The number of aromatic nitrogens is 3. The minimum atomic E-state index is -0.785. The quantitative estimate of drug-likeness (QED) is 0.382. The van der Waals surface area contributed by atoms with Crippen molar-refractivity contribution in [2.24, 2.45) is 5.92 Å². The largest absolute Gasteiger partial charge is 0.333 e. The molecule has 0 spiro atoms. The zero-order valence-electron chi connectivity index (χ0n) is 16.4. The molecule has 2 unspecified atom stereocenters. The molecule has 6 nitrogen and oxygen atoms in total. The first kappa shape index (κ1) is 22.7. The first-order valence-corrected chi connectivity index (χ1v) is 9.85. The van der Waals surface area contributed by atoms with Crippen LogP contribution in [0, 0.1) is 5.92 Å². The predicted molar refractivity (Wildman–Crippen MR) is 111 cm³/mol. The SMILES string of the molecule is C=CCC(CC=CCCCCCC)CC(CC=C)n1c(=O)[nH]c(=O)[nH]c1=O. The Morgan fingerprint density at radius 1 is 0.926 bits per heavy atom. The number of nitrogens with zero attached hydrogens (tertiary/aromatic N) is 1. The Morgan fingerprint density at radius 2 is 1.59 bits per heavy atom. The summed E-state index contributed by atoms with van der Waals surface area (Å²) in [5, 5.41) is 0. The molecule has 2 N–H and O–H groups in total. The van der Waals surface area contributed by atoms with Crippen LogP contribution in [-0.4, -0.2) is 14.5 Å². The summed E-state index contributed by atoms with van der Waals surface area (Å²) < 4.78 is 1.09. The van der Waals surface area contributed by atoms with Crippen molar-refractivity contribution in [1.29, 1.82) is 0 Å². The molecule has 1 heterocycles. The van der Waals surface area contributed by atoms with Crippen LogP contribution >= 0.6 is 0 Å². The maximum Gasteiger partial charge on any atom is 0.333 e. The summed E-state index contributed by atoms with van der Waals surface area (Å²) in [4.78, 5) is 39.8. The normalized spacial score (nSPS) is 13.5. The number of H-pyrrole nitrogens is 2. The van der Waals surface area contributed by atoms with Gasteiger partial charge in [0.25, 0.3) is 0 Å². The van der Waals surface area contributed by atoms with Gasteiger partial charge in [0.1, 0.15) is 0 Å². The fraction of sp³-hybridized carbons (Fsp3) is 0.571. The molecule has 0 bridgehead atoms. The van der Waals surface area contributed by atoms with Crippen molar-refractivity contribution in [2.75, 3.05) is 0 Å². The second kappa shape index (κ2) is 12.9. The van der Waals surface area contributed by atoms with Crippen molar-refractivity contribution in [3.8, 4) is 0 Å². The standard InChI is InChI=1S/C21H33N3O3/c1-4-7-8-9-10-11-12-15-17(13-5-2)16-18(14-6-3)24-20(26)22-19(25)23-21(24)27/h5-6,11-12,17-18H,2-4,7-10,13-16H2,1H3,(H2,22,23,25,26,27). The van der Waals surface area contributed by atoms with Gasteiger partial charge in [-0.1, -0.05) is 50.5 Å². The van der Waals surface area contributed by atoms with Gasteiger partial charge in [-0.3, -0.25) is 9.97 Å². The lowest BCUT2D eigenvalue weighted by Gasteiger charge is -2.22. The van der Waals surface area contributed by atoms with E-state index < -0.39 is 17.1 Å². The third kappa shape index (κ3) is 8.24. The number of aromatic amines is 2. The Kier molecular flexibility index (Phi) is 10.8. The number of hydrogen-bond donors (Lipinski definition) is 2.